The molecule has 0 aliphatic carbocycles. The van der Waals surface area contributed by atoms with E-state index in [-0.39, 0.29) is 0 Å². The fourth-order valence-electron chi connectivity index (χ4n) is 2.17. The second kappa shape index (κ2) is 6.58. The molecule has 0 saturated heterocycles. The van der Waals surface area contributed by atoms with Crippen molar-refractivity contribution in [2.75, 3.05) is 7.05 Å². The lowest BCUT2D eigenvalue weighted by molar-refractivity contribution is 0.549. The summed E-state index contributed by atoms with van der Waals surface area (Å²) in [6.45, 7) is 0. The van der Waals surface area contributed by atoms with Gasteiger partial charge in [-0.05, 0) is 37.1 Å². The molecule has 1 nitrogen and oxygen atoms in total. The van der Waals surface area contributed by atoms with Crippen molar-refractivity contribution in [3.63, 3.8) is 0 Å². The third-order valence-electron chi connectivity index (χ3n) is 3.19. The first kappa shape index (κ1) is 13.1. The maximum atomic E-state index is 6.24. The van der Waals surface area contributed by atoms with Crippen LogP contribution in [0.4, 0.5) is 0 Å². The molecule has 1 unspecified atom stereocenters. The zero-order valence-electron chi connectivity index (χ0n) is 10.6. The zero-order valence-corrected chi connectivity index (χ0v) is 11.3. The summed E-state index contributed by atoms with van der Waals surface area (Å²) in [6, 6.07) is 18.9. The fourth-order valence-corrected chi connectivity index (χ4v) is 2.44. The van der Waals surface area contributed by atoms with Gasteiger partial charge in [0.25, 0.3) is 0 Å². The van der Waals surface area contributed by atoms with Crippen LogP contribution >= 0.6 is 11.6 Å². The summed E-state index contributed by atoms with van der Waals surface area (Å²) in [5, 5.41) is 4.18. The molecule has 0 fully saturated rings. The molecule has 18 heavy (non-hydrogen) atoms. The van der Waals surface area contributed by atoms with Crippen molar-refractivity contribution in [1.29, 1.82) is 0 Å². The van der Waals surface area contributed by atoms with E-state index in [1.54, 1.807) is 0 Å². The van der Waals surface area contributed by atoms with Crippen LogP contribution in [0.5, 0.6) is 0 Å². The number of rotatable bonds is 5. The molecule has 0 amide bonds. The number of aryl methyl sites for hydroxylation is 1. The Morgan fingerprint density at radius 3 is 2.33 bits per heavy atom. The highest BCUT2D eigenvalue weighted by Gasteiger charge is 2.11. The van der Waals surface area contributed by atoms with E-state index in [4.69, 9.17) is 11.6 Å². The van der Waals surface area contributed by atoms with Crippen molar-refractivity contribution in [2.24, 2.45) is 0 Å². The highest BCUT2D eigenvalue weighted by atomic mass is 35.5. The molecule has 0 spiro atoms. The second-order valence-electron chi connectivity index (χ2n) is 4.39. The Bertz CT molecular complexity index is 481. The standard InChI is InChI=1S/C16H18ClN/c1-18-16(14-9-5-6-10-15(14)17)12-11-13-7-3-2-4-8-13/h2-10,16,18H,11-12H2,1H3. The maximum Gasteiger partial charge on any atom is 0.0453 e. The summed E-state index contributed by atoms with van der Waals surface area (Å²) >= 11 is 6.24. The smallest absolute Gasteiger partial charge is 0.0453 e. The fraction of sp³-hybridized carbons (Fsp3) is 0.250. The predicted octanol–water partition coefficient (Wildman–Crippen LogP) is 4.23. The first-order valence-electron chi connectivity index (χ1n) is 6.27. The van der Waals surface area contributed by atoms with Crippen LogP contribution in [-0.4, -0.2) is 7.05 Å². The van der Waals surface area contributed by atoms with Gasteiger partial charge in [0.2, 0.25) is 0 Å². The Hall–Kier alpha value is -1.31. The highest BCUT2D eigenvalue weighted by Crippen LogP contribution is 2.25. The molecular weight excluding hydrogens is 242 g/mol. The third-order valence-corrected chi connectivity index (χ3v) is 3.54. The van der Waals surface area contributed by atoms with Crippen molar-refractivity contribution >= 4 is 11.6 Å². The molecule has 0 aliphatic rings. The van der Waals surface area contributed by atoms with E-state index in [0.29, 0.717) is 6.04 Å². The van der Waals surface area contributed by atoms with E-state index >= 15 is 0 Å². The largest absolute Gasteiger partial charge is 0.313 e. The van der Waals surface area contributed by atoms with Gasteiger partial charge in [-0.25, -0.2) is 0 Å². The number of hydrogen-bond donors (Lipinski definition) is 1. The summed E-state index contributed by atoms with van der Waals surface area (Å²) in [7, 11) is 1.99. The Morgan fingerprint density at radius 1 is 1.00 bits per heavy atom. The molecule has 0 radical (unpaired) electrons. The lowest BCUT2D eigenvalue weighted by atomic mass is 9.99. The van der Waals surface area contributed by atoms with Crippen LogP contribution in [0.1, 0.15) is 23.6 Å². The summed E-state index contributed by atoms with van der Waals surface area (Å²) < 4.78 is 0. The third kappa shape index (κ3) is 3.34. The quantitative estimate of drug-likeness (QED) is 0.847. The van der Waals surface area contributed by atoms with Crippen LogP contribution in [0.2, 0.25) is 5.02 Å². The van der Waals surface area contributed by atoms with Gasteiger partial charge in [-0.15, -0.1) is 0 Å². The SMILES string of the molecule is CNC(CCc1ccccc1)c1ccccc1Cl. The van der Waals surface area contributed by atoms with Gasteiger partial charge >= 0.3 is 0 Å². The summed E-state index contributed by atoms with van der Waals surface area (Å²) in [6.07, 6.45) is 2.10. The molecule has 1 N–H and O–H groups in total. The number of benzene rings is 2. The topological polar surface area (TPSA) is 12.0 Å². The van der Waals surface area contributed by atoms with Crippen molar-refractivity contribution in [2.45, 2.75) is 18.9 Å². The Morgan fingerprint density at radius 2 is 1.67 bits per heavy atom. The van der Waals surface area contributed by atoms with Crippen molar-refractivity contribution in [3.05, 3.63) is 70.7 Å². The Balaban J connectivity index is 2.04. The molecule has 0 aromatic heterocycles. The average molecular weight is 260 g/mol. The normalized spacial score (nSPS) is 12.3. The van der Waals surface area contributed by atoms with Crippen LogP contribution in [-0.2, 0) is 6.42 Å². The molecule has 0 saturated carbocycles. The van der Waals surface area contributed by atoms with E-state index in [9.17, 15) is 0 Å². The van der Waals surface area contributed by atoms with Gasteiger partial charge in [-0.3, -0.25) is 0 Å². The van der Waals surface area contributed by atoms with Gasteiger partial charge in [0.05, 0.1) is 0 Å². The minimum Gasteiger partial charge on any atom is -0.313 e. The first-order chi connectivity index (χ1) is 8.81. The van der Waals surface area contributed by atoms with Crippen LogP contribution in [0.3, 0.4) is 0 Å². The molecule has 0 heterocycles. The number of hydrogen-bond acceptors (Lipinski definition) is 1. The van der Waals surface area contributed by atoms with E-state index in [0.717, 1.165) is 17.9 Å². The van der Waals surface area contributed by atoms with E-state index in [1.165, 1.54) is 11.1 Å². The molecule has 0 aliphatic heterocycles. The maximum absolute atomic E-state index is 6.24. The van der Waals surface area contributed by atoms with Gasteiger partial charge in [0.1, 0.15) is 0 Å². The van der Waals surface area contributed by atoms with E-state index < -0.39 is 0 Å². The number of nitrogens with one attached hydrogen (secondary N) is 1. The lowest BCUT2D eigenvalue weighted by Gasteiger charge is -2.18. The van der Waals surface area contributed by atoms with Crippen LogP contribution in [0, 0.1) is 0 Å². The van der Waals surface area contributed by atoms with Crippen molar-refractivity contribution < 1.29 is 0 Å². The van der Waals surface area contributed by atoms with Crippen LogP contribution in [0.15, 0.2) is 54.6 Å². The molecule has 2 aromatic rings. The highest BCUT2D eigenvalue weighted by molar-refractivity contribution is 6.31. The van der Waals surface area contributed by atoms with Crippen LogP contribution < -0.4 is 5.32 Å². The number of halogens is 1. The molecule has 2 heteroatoms. The monoisotopic (exact) mass is 259 g/mol. The first-order valence-corrected chi connectivity index (χ1v) is 6.64. The van der Waals surface area contributed by atoms with Crippen molar-refractivity contribution in [3.8, 4) is 0 Å². The van der Waals surface area contributed by atoms with E-state index in [1.807, 2.05) is 31.3 Å². The summed E-state index contributed by atoms with van der Waals surface area (Å²) in [5.74, 6) is 0. The average Bonchev–Trinajstić information content (AvgIpc) is 2.42. The predicted molar refractivity (Wildman–Crippen MR) is 78.0 cm³/mol. The minimum absolute atomic E-state index is 0.305. The van der Waals surface area contributed by atoms with Gasteiger partial charge in [0.15, 0.2) is 0 Å². The molecule has 1 atom stereocenters. The second-order valence-corrected chi connectivity index (χ2v) is 4.79. The van der Waals surface area contributed by atoms with Gasteiger partial charge < -0.3 is 5.32 Å². The molecule has 0 bridgehead atoms. The van der Waals surface area contributed by atoms with Gasteiger partial charge in [0, 0.05) is 11.1 Å². The van der Waals surface area contributed by atoms with Crippen LogP contribution in [0.25, 0.3) is 0 Å². The molecular formula is C16H18ClN. The lowest BCUT2D eigenvalue weighted by Crippen LogP contribution is -2.17. The van der Waals surface area contributed by atoms with E-state index in [2.05, 4.69) is 35.6 Å². The molecule has 94 valence electrons. The summed E-state index contributed by atoms with van der Waals surface area (Å²) in [5.41, 5.74) is 2.54. The van der Waals surface area contributed by atoms with Gasteiger partial charge in [-0.2, -0.15) is 0 Å². The Labute approximate surface area is 114 Å². The minimum atomic E-state index is 0.305. The Kier molecular flexibility index (Phi) is 4.80. The van der Waals surface area contributed by atoms with Crippen molar-refractivity contribution in [1.82, 2.24) is 5.32 Å². The summed E-state index contributed by atoms with van der Waals surface area (Å²) in [4.78, 5) is 0. The van der Waals surface area contributed by atoms with Gasteiger partial charge in [-0.1, -0.05) is 60.1 Å². The molecule has 2 aromatic carbocycles. The zero-order chi connectivity index (χ0) is 12.8. The molecule has 2 rings (SSSR count).